The van der Waals surface area contributed by atoms with Gasteiger partial charge in [-0.05, 0) is 36.4 Å². The Morgan fingerprint density at radius 1 is 0.571 bits per heavy atom. The maximum absolute atomic E-state index is 5.55. The lowest BCUT2D eigenvalue weighted by molar-refractivity contribution is 0.546. The zero-order valence-corrected chi connectivity index (χ0v) is 17.3. The van der Waals surface area contributed by atoms with Gasteiger partial charge in [0.1, 0.15) is 0 Å². The SMILES string of the molecule is NCCCCCCCCCCC(C=Cc1ccccc1)C=Cc1ccccc1. The quantitative estimate of drug-likeness (QED) is 0.340. The van der Waals surface area contributed by atoms with Crippen molar-refractivity contribution < 1.29 is 0 Å². The van der Waals surface area contributed by atoms with Crippen LogP contribution in [0.25, 0.3) is 12.2 Å². The molecular weight excluding hydrogens is 338 g/mol. The summed E-state index contributed by atoms with van der Waals surface area (Å²) < 4.78 is 0. The van der Waals surface area contributed by atoms with E-state index in [1.165, 1.54) is 68.9 Å². The number of nitrogens with two attached hydrogens (primary N) is 1. The summed E-state index contributed by atoms with van der Waals surface area (Å²) in [5, 5.41) is 0. The zero-order valence-electron chi connectivity index (χ0n) is 17.3. The summed E-state index contributed by atoms with van der Waals surface area (Å²) in [4.78, 5) is 0. The van der Waals surface area contributed by atoms with Gasteiger partial charge in [-0.15, -0.1) is 0 Å². The highest BCUT2D eigenvalue weighted by Crippen LogP contribution is 2.18. The largest absolute Gasteiger partial charge is 0.330 e. The molecule has 0 heterocycles. The third kappa shape index (κ3) is 10.3. The van der Waals surface area contributed by atoms with Crippen LogP contribution in [-0.4, -0.2) is 6.54 Å². The normalized spacial score (nSPS) is 12.8. The van der Waals surface area contributed by atoms with Crippen molar-refractivity contribution in [1.82, 2.24) is 0 Å². The van der Waals surface area contributed by atoms with Crippen LogP contribution < -0.4 is 5.73 Å². The van der Waals surface area contributed by atoms with Crippen molar-refractivity contribution >= 4 is 12.2 Å². The average Bonchev–Trinajstić information content (AvgIpc) is 2.75. The van der Waals surface area contributed by atoms with Crippen molar-refractivity contribution in [2.24, 2.45) is 11.7 Å². The van der Waals surface area contributed by atoms with Gasteiger partial charge in [0.05, 0.1) is 0 Å². The molecular formula is C27H37N. The molecule has 0 atom stereocenters. The molecule has 1 heteroatoms. The number of rotatable bonds is 14. The Labute approximate surface area is 172 Å². The van der Waals surface area contributed by atoms with Crippen LogP contribution in [0.15, 0.2) is 72.8 Å². The maximum atomic E-state index is 5.55. The fourth-order valence-corrected chi connectivity index (χ4v) is 3.44. The fraction of sp³-hybridized carbons (Fsp3) is 0.407. The number of hydrogen-bond acceptors (Lipinski definition) is 1. The van der Waals surface area contributed by atoms with Crippen LogP contribution in [0.5, 0.6) is 0 Å². The lowest BCUT2D eigenvalue weighted by atomic mass is 9.97. The van der Waals surface area contributed by atoms with Crippen LogP contribution in [0.4, 0.5) is 0 Å². The van der Waals surface area contributed by atoms with E-state index in [0.29, 0.717) is 5.92 Å². The van der Waals surface area contributed by atoms with Gasteiger partial charge in [0, 0.05) is 0 Å². The molecule has 0 saturated heterocycles. The maximum Gasteiger partial charge on any atom is -0.00468 e. The van der Waals surface area contributed by atoms with Gasteiger partial charge in [-0.3, -0.25) is 0 Å². The summed E-state index contributed by atoms with van der Waals surface area (Å²) in [5.41, 5.74) is 8.10. The van der Waals surface area contributed by atoms with E-state index in [9.17, 15) is 0 Å². The minimum absolute atomic E-state index is 0.491. The molecule has 28 heavy (non-hydrogen) atoms. The van der Waals surface area contributed by atoms with Crippen molar-refractivity contribution in [2.75, 3.05) is 6.54 Å². The highest BCUT2D eigenvalue weighted by atomic mass is 14.5. The van der Waals surface area contributed by atoms with Gasteiger partial charge in [0.15, 0.2) is 0 Å². The van der Waals surface area contributed by atoms with E-state index in [-0.39, 0.29) is 0 Å². The van der Waals surface area contributed by atoms with Gasteiger partial charge < -0.3 is 5.73 Å². The molecule has 0 fully saturated rings. The smallest absolute Gasteiger partial charge is 0.00468 e. The molecule has 0 aliphatic rings. The fourth-order valence-electron chi connectivity index (χ4n) is 3.44. The monoisotopic (exact) mass is 375 g/mol. The van der Waals surface area contributed by atoms with Crippen LogP contribution in [-0.2, 0) is 0 Å². The molecule has 150 valence electrons. The highest BCUT2D eigenvalue weighted by molar-refractivity contribution is 5.52. The van der Waals surface area contributed by atoms with Crippen LogP contribution in [0.3, 0.4) is 0 Å². The Morgan fingerprint density at radius 2 is 1.00 bits per heavy atom. The molecule has 0 aromatic heterocycles. The van der Waals surface area contributed by atoms with Crippen molar-refractivity contribution in [1.29, 1.82) is 0 Å². The summed E-state index contributed by atoms with van der Waals surface area (Å²) in [5.74, 6) is 0.491. The topological polar surface area (TPSA) is 26.0 Å². The van der Waals surface area contributed by atoms with Gasteiger partial charge in [0.25, 0.3) is 0 Å². The van der Waals surface area contributed by atoms with E-state index in [4.69, 9.17) is 5.73 Å². The first-order chi connectivity index (χ1) is 13.9. The molecule has 0 bridgehead atoms. The van der Waals surface area contributed by atoms with E-state index < -0.39 is 0 Å². The summed E-state index contributed by atoms with van der Waals surface area (Å²) in [6.45, 7) is 0.842. The lowest BCUT2D eigenvalue weighted by Crippen LogP contribution is -1.97. The Hall–Kier alpha value is -2.12. The van der Waals surface area contributed by atoms with E-state index in [2.05, 4.69) is 85.0 Å². The predicted octanol–water partition coefficient (Wildman–Crippen LogP) is 7.50. The molecule has 2 aromatic carbocycles. The third-order valence-electron chi connectivity index (χ3n) is 5.16. The minimum atomic E-state index is 0.491. The van der Waals surface area contributed by atoms with E-state index in [1.54, 1.807) is 0 Å². The average molecular weight is 376 g/mol. The standard InChI is InChI=1S/C27H37N/c28-24-14-6-4-2-1-3-5-9-19-27(22-20-25-15-10-7-11-16-25)23-21-26-17-12-8-13-18-26/h7-8,10-13,15-18,20-23,27H,1-6,9,14,19,24,28H2. The van der Waals surface area contributed by atoms with Crippen molar-refractivity contribution in [3.05, 3.63) is 83.9 Å². The molecule has 0 saturated carbocycles. The van der Waals surface area contributed by atoms with Gasteiger partial charge in [-0.1, -0.05) is 130 Å². The van der Waals surface area contributed by atoms with Gasteiger partial charge >= 0.3 is 0 Å². The second kappa shape index (κ2) is 14.9. The molecule has 2 rings (SSSR count). The molecule has 0 radical (unpaired) electrons. The van der Waals surface area contributed by atoms with Gasteiger partial charge in [-0.2, -0.15) is 0 Å². The first kappa shape index (κ1) is 22.2. The highest BCUT2D eigenvalue weighted by Gasteiger charge is 2.01. The number of hydrogen-bond donors (Lipinski definition) is 1. The number of unbranched alkanes of at least 4 members (excludes halogenated alkanes) is 7. The summed E-state index contributed by atoms with van der Waals surface area (Å²) >= 11 is 0. The molecule has 2 N–H and O–H groups in total. The van der Waals surface area contributed by atoms with Crippen LogP contribution >= 0.6 is 0 Å². The molecule has 0 spiro atoms. The van der Waals surface area contributed by atoms with Gasteiger partial charge in [-0.25, -0.2) is 0 Å². The van der Waals surface area contributed by atoms with Crippen LogP contribution in [0.1, 0.15) is 68.9 Å². The first-order valence-corrected chi connectivity index (χ1v) is 11.0. The summed E-state index contributed by atoms with van der Waals surface area (Å²) in [6, 6.07) is 21.2. The Kier molecular flexibility index (Phi) is 11.8. The van der Waals surface area contributed by atoms with Crippen molar-refractivity contribution in [2.45, 2.75) is 57.8 Å². The first-order valence-electron chi connectivity index (χ1n) is 11.0. The molecule has 2 aromatic rings. The molecule has 0 aliphatic heterocycles. The molecule has 0 unspecified atom stereocenters. The Balaban J connectivity index is 1.77. The lowest BCUT2D eigenvalue weighted by Gasteiger charge is -2.08. The van der Waals surface area contributed by atoms with Crippen molar-refractivity contribution in [3.8, 4) is 0 Å². The van der Waals surface area contributed by atoms with Crippen LogP contribution in [0, 0.1) is 5.92 Å². The van der Waals surface area contributed by atoms with E-state index in [1.807, 2.05) is 0 Å². The third-order valence-corrected chi connectivity index (χ3v) is 5.16. The second-order valence-electron chi connectivity index (χ2n) is 7.61. The molecule has 1 nitrogen and oxygen atoms in total. The predicted molar refractivity (Wildman–Crippen MR) is 125 cm³/mol. The summed E-state index contributed by atoms with van der Waals surface area (Å²) in [7, 11) is 0. The second-order valence-corrected chi connectivity index (χ2v) is 7.61. The Bertz CT molecular complexity index is 608. The number of allylic oxidation sites excluding steroid dienone is 2. The zero-order chi connectivity index (χ0) is 19.7. The molecule has 0 aliphatic carbocycles. The van der Waals surface area contributed by atoms with E-state index >= 15 is 0 Å². The van der Waals surface area contributed by atoms with Crippen molar-refractivity contribution in [3.63, 3.8) is 0 Å². The van der Waals surface area contributed by atoms with Crippen LogP contribution in [0.2, 0.25) is 0 Å². The molecule has 0 amide bonds. The minimum Gasteiger partial charge on any atom is -0.330 e. The van der Waals surface area contributed by atoms with E-state index in [0.717, 1.165) is 6.54 Å². The summed E-state index contributed by atoms with van der Waals surface area (Å²) in [6.07, 6.45) is 21.0. The Morgan fingerprint density at radius 3 is 1.46 bits per heavy atom. The number of benzene rings is 2. The van der Waals surface area contributed by atoms with Gasteiger partial charge in [0.2, 0.25) is 0 Å².